The molecule has 0 aliphatic heterocycles. The van der Waals surface area contributed by atoms with Crippen LogP contribution in [0.3, 0.4) is 0 Å². The van der Waals surface area contributed by atoms with Crippen molar-refractivity contribution in [3.63, 3.8) is 0 Å². The van der Waals surface area contributed by atoms with Crippen molar-refractivity contribution in [1.29, 1.82) is 0 Å². The van der Waals surface area contributed by atoms with Gasteiger partial charge in [-0.3, -0.25) is 19.5 Å². The Hall–Kier alpha value is -4.06. The predicted molar refractivity (Wildman–Crippen MR) is 114 cm³/mol. The highest BCUT2D eigenvalue weighted by Crippen LogP contribution is 2.24. The molecule has 0 N–H and O–H groups in total. The largest absolute Gasteiger partial charge is 0.293 e. The van der Waals surface area contributed by atoms with E-state index in [9.17, 15) is 14.9 Å². The van der Waals surface area contributed by atoms with Crippen LogP contribution in [0, 0.1) is 17.0 Å². The summed E-state index contributed by atoms with van der Waals surface area (Å²) in [6.45, 7) is 1.99. The summed E-state index contributed by atoms with van der Waals surface area (Å²) in [7, 11) is 0. The number of aromatic nitrogens is 2. The van der Waals surface area contributed by atoms with E-state index < -0.39 is 4.92 Å². The molecule has 0 spiro atoms. The van der Waals surface area contributed by atoms with E-state index in [1.54, 1.807) is 48.5 Å². The summed E-state index contributed by atoms with van der Waals surface area (Å²) in [6.07, 6.45) is 3.57. The van der Waals surface area contributed by atoms with Crippen molar-refractivity contribution in [3.05, 3.63) is 110 Å². The first kappa shape index (κ1) is 18.3. The van der Waals surface area contributed by atoms with Gasteiger partial charge in [0.1, 0.15) is 11.5 Å². The van der Waals surface area contributed by atoms with Crippen molar-refractivity contribution in [2.24, 2.45) is 0 Å². The minimum absolute atomic E-state index is 0.155. The molecule has 29 heavy (non-hydrogen) atoms. The summed E-state index contributed by atoms with van der Waals surface area (Å²) in [5.41, 5.74) is 2.27. The van der Waals surface area contributed by atoms with Crippen LogP contribution in [0.1, 0.15) is 17.0 Å². The smallest absolute Gasteiger partial charge is 0.268 e. The van der Waals surface area contributed by atoms with Crippen LogP contribution >= 0.6 is 0 Å². The van der Waals surface area contributed by atoms with Gasteiger partial charge in [-0.05, 0) is 42.3 Å². The third-order valence-electron chi connectivity index (χ3n) is 4.72. The van der Waals surface area contributed by atoms with Crippen LogP contribution in [0.2, 0.25) is 0 Å². The van der Waals surface area contributed by atoms with E-state index in [1.165, 1.54) is 10.6 Å². The van der Waals surface area contributed by atoms with Gasteiger partial charge in [0.15, 0.2) is 0 Å². The monoisotopic (exact) mass is 383 g/mol. The Labute approximate surface area is 166 Å². The van der Waals surface area contributed by atoms with E-state index in [4.69, 9.17) is 0 Å². The maximum absolute atomic E-state index is 13.3. The number of para-hydroxylation sites is 3. The summed E-state index contributed by atoms with van der Waals surface area (Å²) in [5.74, 6) is 0.325. The first-order valence-electron chi connectivity index (χ1n) is 9.05. The van der Waals surface area contributed by atoms with Gasteiger partial charge in [0, 0.05) is 6.07 Å². The third-order valence-corrected chi connectivity index (χ3v) is 4.72. The molecule has 4 aromatic rings. The lowest BCUT2D eigenvalue weighted by Crippen LogP contribution is -2.23. The maximum atomic E-state index is 13.3. The van der Waals surface area contributed by atoms with Crippen LogP contribution in [-0.4, -0.2) is 14.5 Å². The third kappa shape index (κ3) is 3.43. The summed E-state index contributed by atoms with van der Waals surface area (Å²) in [5, 5.41) is 12.0. The highest BCUT2D eigenvalue weighted by molar-refractivity contribution is 5.80. The number of nitro groups is 1. The fourth-order valence-corrected chi connectivity index (χ4v) is 3.24. The van der Waals surface area contributed by atoms with Gasteiger partial charge in [-0.2, -0.15) is 0 Å². The standard InChI is InChI=1S/C23H17N3O3/c1-16-8-2-3-9-17(16)14-15-22-24-19-11-5-4-10-18(19)23(27)25(22)20-12-6-7-13-21(20)26(28)29/h2-15H,1H3/b15-14+. The molecule has 0 atom stereocenters. The molecule has 3 aromatic carbocycles. The number of nitrogens with zero attached hydrogens (tertiary/aromatic N) is 3. The quantitative estimate of drug-likeness (QED) is 0.375. The van der Waals surface area contributed by atoms with Gasteiger partial charge in [0.2, 0.25) is 0 Å². The maximum Gasteiger partial charge on any atom is 0.293 e. The van der Waals surface area contributed by atoms with E-state index in [1.807, 2.05) is 37.3 Å². The van der Waals surface area contributed by atoms with Crippen LogP contribution in [0.5, 0.6) is 0 Å². The van der Waals surface area contributed by atoms with E-state index in [0.717, 1.165) is 11.1 Å². The molecule has 0 saturated carbocycles. The molecule has 6 nitrogen and oxygen atoms in total. The average molecular weight is 383 g/mol. The lowest BCUT2D eigenvalue weighted by Gasteiger charge is -2.11. The van der Waals surface area contributed by atoms with Crippen molar-refractivity contribution in [2.75, 3.05) is 0 Å². The topological polar surface area (TPSA) is 78.0 Å². The molecule has 0 radical (unpaired) electrons. The molecule has 142 valence electrons. The summed E-state index contributed by atoms with van der Waals surface area (Å²) < 4.78 is 1.30. The van der Waals surface area contributed by atoms with Gasteiger partial charge in [-0.15, -0.1) is 0 Å². The number of hydrogen-bond donors (Lipinski definition) is 0. The zero-order valence-corrected chi connectivity index (χ0v) is 15.6. The fourth-order valence-electron chi connectivity index (χ4n) is 3.24. The molecular formula is C23H17N3O3. The molecule has 0 fully saturated rings. The summed E-state index contributed by atoms with van der Waals surface area (Å²) in [6, 6.07) is 21.0. The van der Waals surface area contributed by atoms with E-state index in [-0.39, 0.29) is 16.9 Å². The Morgan fingerprint density at radius 3 is 2.41 bits per heavy atom. The molecule has 4 rings (SSSR count). The molecule has 1 aromatic heterocycles. The molecule has 0 bridgehead atoms. The number of aryl methyl sites for hydroxylation is 1. The van der Waals surface area contributed by atoms with E-state index >= 15 is 0 Å². The Morgan fingerprint density at radius 1 is 0.931 bits per heavy atom. The number of rotatable bonds is 4. The van der Waals surface area contributed by atoms with E-state index in [2.05, 4.69) is 4.98 Å². The second-order valence-electron chi connectivity index (χ2n) is 6.56. The van der Waals surface area contributed by atoms with Gasteiger partial charge in [-0.25, -0.2) is 4.98 Å². The Morgan fingerprint density at radius 2 is 1.62 bits per heavy atom. The zero-order chi connectivity index (χ0) is 20.4. The van der Waals surface area contributed by atoms with Gasteiger partial charge >= 0.3 is 0 Å². The molecule has 0 aliphatic carbocycles. The second-order valence-corrected chi connectivity index (χ2v) is 6.56. The van der Waals surface area contributed by atoms with Crippen LogP contribution in [0.25, 0.3) is 28.7 Å². The molecule has 0 aliphatic rings. The Balaban J connectivity index is 2.02. The normalized spacial score (nSPS) is 11.2. The predicted octanol–water partition coefficient (Wildman–Crippen LogP) is 4.77. The summed E-state index contributed by atoms with van der Waals surface area (Å²) >= 11 is 0. The highest BCUT2D eigenvalue weighted by atomic mass is 16.6. The van der Waals surface area contributed by atoms with Crippen molar-refractivity contribution >= 4 is 28.7 Å². The van der Waals surface area contributed by atoms with Crippen molar-refractivity contribution in [3.8, 4) is 5.69 Å². The molecule has 0 unspecified atom stereocenters. The second kappa shape index (κ2) is 7.52. The lowest BCUT2D eigenvalue weighted by molar-refractivity contribution is -0.384. The van der Waals surface area contributed by atoms with Gasteiger partial charge in [0.25, 0.3) is 11.2 Å². The number of nitro benzene ring substituents is 1. The minimum Gasteiger partial charge on any atom is -0.268 e. The number of benzene rings is 3. The average Bonchev–Trinajstić information content (AvgIpc) is 2.73. The molecule has 0 saturated heterocycles. The minimum atomic E-state index is -0.494. The zero-order valence-electron chi connectivity index (χ0n) is 15.6. The summed E-state index contributed by atoms with van der Waals surface area (Å²) in [4.78, 5) is 28.9. The van der Waals surface area contributed by atoms with Gasteiger partial charge in [-0.1, -0.05) is 54.6 Å². The number of hydrogen-bond acceptors (Lipinski definition) is 4. The van der Waals surface area contributed by atoms with Crippen molar-refractivity contribution < 1.29 is 4.92 Å². The molecule has 0 amide bonds. The fraction of sp³-hybridized carbons (Fsp3) is 0.0435. The highest BCUT2D eigenvalue weighted by Gasteiger charge is 2.19. The number of fused-ring (bicyclic) bond motifs is 1. The van der Waals surface area contributed by atoms with Gasteiger partial charge in [0.05, 0.1) is 15.8 Å². The van der Waals surface area contributed by atoms with Crippen LogP contribution < -0.4 is 5.56 Å². The van der Waals surface area contributed by atoms with Crippen LogP contribution in [-0.2, 0) is 0 Å². The Kier molecular flexibility index (Phi) is 4.75. The molecule has 1 heterocycles. The van der Waals surface area contributed by atoms with Crippen molar-refractivity contribution in [2.45, 2.75) is 6.92 Å². The SMILES string of the molecule is Cc1ccccc1/C=C/c1nc2ccccc2c(=O)n1-c1ccccc1[N+](=O)[O-]. The lowest BCUT2D eigenvalue weighted by atomic mass is 10.1. The first-order chi connectivity index (χ1) is 14.1. The Bertz CT molecular complexity index is 1320. The van der Waals surface area contributed by atoms with Crippen molar-refractivity contribution in [1.82, 2.24) is 9.55 Å². The van der Waals surface area contributed by atoms with E-state index in [0.29, 0.717) is 16.7 Å². The van der Waals surface area contributed by atoms with Crippen LogP contribution in [0.15, 0.2) is 77.6 Å². The molecule has 6 heteroatoms. The molecular weight excluding hydrogens is 366 g/mol. The first-order valence-corrected chi connectivity index (χ1v) is 9.05. The van der Waals surface area contributed by atoms with Gasteiger partial charge < -0.3 is 0 Å². The van der Waals surface area contributed by atoms with Crippen LogP contribution in [0.4, 0.5) is 5.69 Å².